The molecule has 0 unspecified atom stereocenters. The lowest BCUT2D eigenvalue weighted by Crippen LogP contribution is -2.45. The zero-order chi connectivity index (χ0) is 18.8. The van der Waals surface area contributed by atoms with Crippen LogP contribution in [0.25, 0.3) is 11.0 Å². The van der Waals surface area contributed by atoms with Crippen molar-refractivity contribution in [3.8, 4) is 0 Å². The summed E-state index contributed by atoms with van der Waals surface area (Å²) in [5, 5.41) is 3.10. The molecule has 3 heterocycles. The fourth-order valence-corrected chi connectivity index (χ4v) is 2.96. The van der Waals surface area contributed by atoms with E-state index in [0.29, 0.717) is 22.6 Å². The van der Waals surface area contributed by atoms with Crippen molar-refractivity contribution in [2.75, 3.05) is 43.4 Å². The molecule has 4 rings (SSSR count). The minimum Gasteiger partial charge on any atom is -0.451 e. The van der Waals surface area contributed by atoms with Crippen molar-refractivity contribution in [1.82, 2.24) is 14.9 Å². The van der Waals surface area contributed by atoms with Gasteiger partial charge in [0.2, 0.25) is 5.95 Å². The number of aromatic nitrogens is 2. The molecule has 1 saturated heterocycles. The molecule has 0 saturated carbocycles. The van der Waals surface area contributed by atoms with E-state index in [1.807, 2.05) is 0 Å². The Morgan fingerprint density at radius 1 is 1.11 bits per heavy atom. The number of piperazine rings is 1. The van der Waals surface area contributed by atoms with Gasteiger partial charge in [-0.1, -0.05) is 12.1 Å². The van der Waals surface area contributed by atoms with E-state index in [4.69, 9.17) is 4.42 Å². The number of carbonyl (C=O) groups is 1. The van der Waals surface area contributed by atoms with E-state index in [2.05, 4.69) is 32.1 Å². The molecule has 1 N–H and O–H groups in total. The van der Waals surface area contributed by atoms with Crippen molar-refractivity contribution in [1.29, 1.82) is 0 Å². The molecular formula is C19H19N5O3. The quantitative estimate of drug-likeness (QED) is 0.753. The molecule has 1 amide bonds. The second-order valence-corrected chi connectivity index (χ2v) is 6.49. The van der Waals surface area contributed by atoms with Crippen LogP contribution in [0.5, 0.6) is 0 Å². The Labute approximate surface area is 155 Å². The second kappa shape index (κ2) is 7.16. The van der Waals surface area contributed by atoms with Crippen molar-refractivity contribution in [3.05, 3.63) is 58.7 Å². The molecule has 0 bridgehead atoms. The van der Waals surface area contributed by atoms with E-state index in [-0.39, 0.29) is 11.2 Å². The highest BCUT2D eigenvalue weighted by Gasteiger charge is 2.17. The van der Waals surface area contributed by atoms with E-state index in [9.17, 15) is 9.59 Å². The number of hydrogen-bond acceptors (Lipinski definition) is 7. The van der Waals surface area contributed by atoms with Crippen LogP contribution in [0, 0.1) is 0 Å². The topological polar surface area (TPSA) is 91.6 Å². The van der Waals surface area contributed by atoms with Crippen LogP contribution in [0.3, 0.4) is 0 Å². The number of rotatable bonds is 3. The van der Waals surface area contributed by atoms with Gasteiger partial charge in [-0.15, -0.1) is 0 Å². The van der Waals surface area contributed by atoms with Gasteiger partial charge in [-0.3, -0.25) is 9.59 Å². The van der Waals surface area contributed by atoms with Crippen LogP contribution in [0.2, 0.25) is 0 Å². The first kappa shape index (κ1) is 17.2. The normalized spacial score (nSPS) is 15.1. The maximum atomic E-state index is 12.4. The molecule has 0 radical (unpaired) electrons. The Bertz CT molecular complexity index is 1020. The zero-order valence-corrected chi connectivity index (χ0v) is 14.9. The van der Waals surface area contributed by atoms with E-state index in [1.54, 1.807) is 36.7 Å². The van der Waals surface area contributed by atoms with Gasteiger partial charge in [0.15, 0.2) is 11.2 Å². The molecule has 2 aromatic heterocycles. The molecule has 8 heteroatoms. The molecule has 1 fully saturated rings. The average molecular weight is 365 g/mol. The summed E-state index contributed by atoms with van der Waals surface area (Å²) in [5.41, 5.74) is 0.550. The predicted octanol–water partition coefficient (Wildman–Crippen LogP) is 1.59. The standard InChI is InChI=1S/C19H19N5O3/c1-23-6-8-24(9-7-23)19-20-11-13(12-21-19)22-18(26)17-10-15(25)14-4-2-3-5-16(14)27-17/h2-5,10-12H,6-9H2,1H3,(H,22,26). The Morgan fingerprint density at radius 3 is 2.56 bits per heavy atom. The van der Waals surface area contributed by atoms with Crippen LogP contribution < -0.4 is 15.6 Å². The number of para-hydroxylation sites is 1. The highest BCUT2D eigenvalue weighted by Crippen LogP contribution is 2.15. The van der Waals surface area contributed by atoms with Gasteiger partial charge < -0.3 is 19.5 Å². The summed E-state index contributed by atoms with van der Waals surface area (Å²) in [6, 6.07) is 8.00. The van der Waals surface area contributed by atoms with Gasteiger partial charge >= 0.3 is 0 Å². The Morgan fingerprint density at radius 2 is 1.81 bits per heavy atom. The Balaban J connectivity index is 1.49. The van der Waals surface area contributed by atoms with E-state index in [1.165, 1.54) is 6.07 Å². The summed E-state index contributed by atoms with van der Waals surface area (Å²) in [5.74, 6) is 0.0639. The molecule has 8 nitrogen and oxygen atoms in total. The second-order valence-electron chi connectivity index (χ2n) is 6.49. The van der Waals surface area contributed by atoms with Crippen LogP contribution in [0.1, 0.15) is 10.6 Å². The van der Waals surface area contributed by atoms with Gasteiger partial charge in [0.05, 0.1) is 23.5 Å². The van der Waals surface area contributed by atoms with Crippen molar-refractivity contribution >= 4 is 28.5 Å². The smallest absolute Gasteiger partial charge is 0.291 e. The lowest BCUT2D eigenvalue weighted by molar-refractivity contribution is 0.0997. The first-order chi connectivity index (χ1) is 13.1. The number of nitrogens with zero attached hydrogens (tertiary/aromatic N) is 4. The fraction of sp³-hybridized carbons (Fsp3) is 0.263. The highest BCUT2D eigenvalue weighted by molar-refractivity contribution is 6.02. The number of fused-ring (bicyclic) bond motifs is 1. The number of nitrogens with one attached hydrogen (secondary N) is 1. The molecule has 3 aromatic rings. The number of amides is 1. The maximum Gasteiger partial charge on any atom is 0.291 e. The van der Waals surface area contributed by atoms with E-state index < -0.39 is 5.91 Å². The number of anilines is 2. The number of benzene rings is 1. The monoisotopic (exact) mass is 365 g/mol. The summed E-state index contributed by atoms with van der Waals surface area (Å²) < 4.78 is 5.54. The molecule has 0 atom stereocenters. The molecule has 27 heavy (non-hydrogen) atoms. The van der Waals surface area contributed by atoms with Gasteiger partial charge in [-0.05, 0) is 19.2 Å². The largest absolute Gasteiger partial charge is 0.451 e. The Hall–Kier alpha value is -3.26. The molecule has 1 aliphatic rings. The lowest BCUT2D eigenvalue weighted by atomic mass is 10.2. The molecule has 138 valence electrons. The lowest BCUT2D eigenvalue weighted by Gasteiger charge is -2.32. The van der Waals surface area contributed by atoms with Gasteiger partial charge in [0, 0.05) is 32.2 Å². The van der Waals surface area contributed by atoms with Crippen molar-refractivity contribution in [2.24, 2.45) is 0 Å². The van der Waals surface area contributed by atoms with Crippen molar-refractivity contribution < 1.29 is 9.21 Å². The van der Waals surface area contributed by atoms with Crippen molar-refractivity contribution in [3.63, 3.8) is 0 Å². The van der Waals surface area contributed by atoms with Gasteiger partial charge in [-0.2, -0.15) is 0 Å². The fourth-order valence-electron chi connectivity index (χ4n) is 2.96. The Kier molecular flexibility index (Phi) is 4.55. The van der Waals surface area contributed by atoms with Crippen LogP contribution in [-0.2, 0) is 0 Å². The minimum atomic E-state index is -0.520. The third kappa shape index (κ3) is 3.65. The zero-order valence-electron chi connectivity index (χ0n) is 14.9. The predicted molar refractivity (Wildman–Crippen MR) is 102 cm³/mol. The van der Waals surface area contributed by atoms with Crippen LogP contribution in [0.4, 0.5) is 11.6 Å². The molecule has 1 aromatic carbocycles. The van der Waals surface area contributed by atoms with Gasteiger partial charge in [0.25, 0.3) is 5.91 Å². The minimum absolute atomic E-state index is 0.0538. The van der Waals surface area contributed by atoms with Gasteiger partial charge in [0.1, 0.15) is 5.58 Å². The summed E-state index contributed by atoms with van der Waals surface area (Å²) in [7, 11) is 2.09. The first-order valence-electron chi connectivity index (χ1n) is 8.70. The van der Waals surface area contributed by atoms with E-state index >= 15 is 0 Å². The average Bonchev–Trinajstić information content (AvgIpc) is 2.69. The summed E-state index contributed by atoms with van der Waals surface area (Å²) >= 11 is 0. The van der Waals surface area contributed by atoms with Crippen molar-refractivity contribution in [2.45, 2.75) is 0 Å². The molecule has 0 aliphatic carbocycles. The van der Waals surface area contributed by atoms with E-state index in [0.717, 1.165) is 26.2 Å². The SMILES string of the molecule is CN1CCN(c2ncc(NC(=O)c3cc(=O)c4ccccc4o3)cn2)CC1. The first-order valence-corrected chi connectivity index (χ1v) is 8.70. The summed E-state index contributed by atoms with van der Waals surface area (Å²) in [4.78, 5) is 37.6. The third-order valence-corrected chi connectivity index (χ3v) is 4.54. The molecule has 0 spiro atoms. The van der Waals surface area contributed by atoms with Gasteiger partial charge in [-0.25, -0.2) is 9.97 Å². The molecule has 1 aliphatic heterocycles. The highest BCUT2D eigenvalue weighted by atomic mass is 16.3. The summed E-state index contributed by atoms with van der Waals surface area (Å²) in [6.45, 7) is 3.65. The summed E-state index contributed by atoms with van der Waals surface area (Å²) in [6.07, 6.45) is 3.11. The number of carbonyl (C=O) groups excluding carboxylic acids is 1. The van der Waals surface area contributed by atoms with Crippen LogP contribution in [-0.4, -0.2) is 54.0 Å². The molecular weight excluding hydrogens is 346 g/mol. The number of hydrogen-bond donors (Lipinski definition) is 1. The number of likely N-dealkylation sites (N-methyl/N-ethyl adjacent to an activating group) is 1. The van der Waals surface area contributed by atoms with Crippen LogP contribution >= 0.6 is 0 Å². The maximum absolute atomic E-state index is 12.4. The van der Waals surface area contributed by atoms with Crippen LogP contribution in [0.15, 0.2) is 51.9 Å². The third-order valence-electron chi connectivity index (χ3n) is 4.54.